The minimum Gasteiger partial charge on any atom is -0.385 e. The average molecular weight is 198 g/mol. The van der Waals surface area contributed by atoms with Crippen molar-refractivity contribution < 1.29 is 14.6 Å². The van der Waals surface area contributed by atoms with E-state index in [0.29, 0.717) is 6.61 Å². The molecule has 3 heteroatoms. The standard InChI is InChI=1S/C11H18O3/c1-4-11(12)6-5-8(11)9-7-13-10(2,3)14-9/h4,8-9,12H,1,5-7H2,2-3H3/t8-,9+,11-/m0/s1. The zero-order valence-corrected chi connectivity index (χ0v) is 8.82. The van der Waals surface area contributed by atoms with Crippen molar-refractivity contribution in [3.8, 4) is 0 Å². The topological polar surface area (TPSA) is 38.7 Å². The van der Waals surface area contributed by atoms with E-state index in [1.54, 1.807) is 6.08 Å². The van der Waals surface area contributed by atoms with E-state index in [1.807, 2.05) is 13.8 Å². The molecule has 1 saturated carbocycles. The van der Waals surface area contributed by atoms with Crippen LogP contribution in [-0.2, 0) is 9.47 Å². The lowest BCUT2D eigenvalue weighted by Crippen LogP contribution is -2.52. The first-order valence-electron chi connectivity index (χ1n) is 5.15. The van der Waals surface area contributed by atoms with Crippen LogP contribution in [0.5, 0.6) is 0 Å². The van der Waals surface area contributed by atoms with Crippen molar-refractivity contribution in [2.45, 2.75) is 44.2 Å². The van der Waals surface area contributed by atoms with Gasteiger partial charge in [-0.25, -0.2) is 0 Å². The second-order valence-electron chi connectivity index (χ2n) is 4.71. The minimum absolute atomic E-state index is 0.0155. The first-order chi connectivity index (χ1) is 6.47. The Bertz CT molecular complexity index is 249. The van der Waals surface area contributed by atoms with Crippen LogP contribution in [0.3, 0.4) is 0 Å². The maximum Gasteiger partial charge on any atom is 0.163 e. The molecule has 3 atom stereocenters. The Labute approximate surface area is 84.7 Å². The van der Waals surface area contributed by atoms with Crippen LogP contribution < -0.4 is 0 Å². The highest BCUT2D eigenvalue weighted by atomic mass is 16.7. The van der Waals surface area contributed by atoms with Gasteiger partial charge < -0.3 is 14.6 Å². The van der Waals surface area contributed by atoms with Crippen LogP contribution in [0, 0.1) is 5.92 Å². The Hall–Kier alpha value is -0.380. The van der Waals surface area contributed by atoms with Crippen LogP contribution >= 0.6 is 0 Å². The van der Waals surface area contributed by atoms with Crippen molar-refractivity contribution >= 4 is 0 Å². The lowest BCUT2D eigenvalue weighted by atomic mass is 9.67. The Morgan fingerprint density at radius 2 is 2.21 bits per heavy atom. The lowest BCUT2D eigenvalue weighted by Gasteiger charge is -2.45. The molecule has 80 valence electrons. The van der Waals surface area contributed by atoms with Crippen molar-refractivity contribution in [2.24, 2.45) is 5.92 Å². The highest BCUT2D eigenvalue weighted by Crippen LogP contribution is 2.45. The van der Waals surface area contributed by atoms with Crippen molar-refractivity contribution in [3.05, 3.63) is 12.7 Å². The van der Waals surface area contributed by atoms with Gasteiger partial charge in [-0.05, 0) is 26.7 Å². The molecule has 0 aromatic rings. The summed E-state index contributed by atoms with van der Waals surface area (Å²) in [5.41, 5.74) is -0.728. The third-order valence-corrected chi connectivity index (χ3v) is 3.33. The van der Waals surface area contributed by atoms with Crippen LogP contribution in [0.2, 0.25) is 0 Å². The van der Waals surface area contributed by atoms with Gasteiger partial charge in [-0.3, -0.25) is 0 Å². The largest absolute Gasteiger partial charge is 0.385 e. The first kappa shape index (κ1) is 10.1. The van der Waals surface area contributed by atoms with E-state index in [1.165, 1.54) is 0 Å². The van der Waals surface area contributed by atoms with Gasteiger partial charge in [0.1, 0.15) is 0 Å². The van der Waals surface area contributed by atoms with Gasteiger partial charge in [0.2, 0.25) is 0 Å². The Morgan fingerprint density at radius 3 is 2.57 bits per heavy atom. The Balaban J connectivity index is 2.01. The van der Waals surface area contributed by atoms with Crippen LogP contribution in [0.15, 0.2) is 12.7 Å². The molecule has 0 spiro atoms. The zero-order valence-electron chi connectivity index (χ0n) is 8.82. The van der Waals surface area contributed by atoms with Gasteiger partial charge >= 0.3 is 0 Å². The maximum atomic E-state index is 10.1. The van der Waals surface area contributed by atoms with E-state index in [2.05, 4.69) is 6.58 Å². The summed E-state index contributed by atoms with van der Waals surface area (Å²) in [6, 6.07) is 0. The number of aliphatic hydroxyl groups is 1. The predicted molar refractivity (Wildman–Crippen MR) is 52.8 cm³/mol. The van der Waals surface area contributed by atoms with Crippen LogP contribution in [0.25, 0.3) is 0 Å². The number of rotatable bonds is 2. The summed E-state index contributed by atoms with van der Waals surface area (Å²) in [6.07, 6.45) is 3.44. The maximum absolute atomic E-state index is 10.1. The second-order valence-corrected chi connectivity index (χ2v) is 4.71. The molecule has 2 rings (SSSR count). The van der Waals surface area contributed by atoms with Crippen LogP contribution in [0.1, 0.15) is 26.7 Å². The van der Waals surface area contributed by atoms with Crippen molar-refractivity contribution in [3.63, 3.8) is 0 Å². The van der Waals surface area contributed by atoms with E-state index in [9.17, 15) is 5.11 Å². The zero-order chi connectivity index (χ0) is 10.4. The lowest BCUT2D eigenvalue weighted by molar-refractivity contribution is -0.170. The molecule has 1 heterocycles. The number of hydrogen-bond acceptors (Lipinski definition) is 3. The molecular weight excluding hydrogens is 180 g/mol. The van der Waals surface area contributed by atoms with Gasteiger partial charge in [0, 0.05) is 5.92 Å². The molecule has 0 unspecified atom stereocenters. The van der Waals surface area contributed by atoms with Crippen molar-refractivity contribution in [2.75, 3.05) is 6.61 Å². The first-order valence-corrected chi connectivity index (χ1v) is 5.15. The average Bonchev–Trinajstić information content (AvgIpc) is 2.42. The second kappa shape index (κ2) is 3.05. The molecular formula is C11H18O3. The molecule has 2 aliphatic rings. The third-order valence-electron chi connectivity index (χ3n) is 3.33. The summed E-state index contributed by atoms with van der Waals surface area (Å²) in [4.78, 5) is 0. The summed E-state index contributed by atoms with van der Waals surface area (Å²) >= 11 is 0. The minimum atomic E-state index is -0.728. The quantitative estimate of drug-likeness (QED) is 0.683. The highest BCUT2D eigenvalue weighted by molar-refractivity contribution is 5.10. The molecule has 1 saturated heterocycles. The van der Waals surface area contributed by atoms with Gasteiger partial charge in [0.05, 0.1) is 18.3 Å². The third kappa shape index (κ3) is 1.49. The van der Waals surface area contributed by atoms with Crippen molar-refractivity contribution in [1.82, 2.24) is 0 Å². The molecule has 1 aliphatic heterocycles. The van der Waals surface area contributed by atoms with E-state index in [4.69, 9.17) is 9.47 Å². The summed E-state index contributed by atoms with van der Waals surface area (Å²) in [6.45, 7) is 8.05. The van der Waals surface area contributed by atoms with Crippen molar-refractivity contribution in [1.29, 1.82) is 0 Å². The molecule has 14 heavy (non-hydrogen) atoms. The molecule has 0 bridgehead atoms. The van der Waals surface area contributed by atoms with Gasteiger partial charge in [-0.2, -0.15) is 0 Å². The molecule has 2 fully saturated rings. The number of ether oxygens (including phenoxy) is 2. The normalized spacial score (nSPS) is 45.9. The molecule has 0 radical (unpaired) electrons. The van der Waals surface area contributed by atoms with Crippen LogP contribution in [-0.4, -0.2) is 29.2 Å². The molecule has 0 aromatic heterocycles. The van der Waals surface area contributed by atoms with Gasteiger partial charge in [-0.1, -0.05) is 6.08 Å². The van der Waals surface area contributed by atoms with E-state index >= 15 is 0 Å². The summed E-state index contributed by atoms with van der Waals surface area (Å²) in [5.74, 6) is -0.343. The Kier molecular flexibility index (Phi) is 2.21. The highest BCUT2D eigenvalue weighted by Gasteiger charge is 2.51. The van der Waals surface area contributed by atoms with Crippen LogP contribution in [0.4, 0.5) is 0 Å². The summed E-state index contributed by atoms with van der Waals surface area (Å²) in [5, 5.41) is 10.1. The van der Waals surface area contributed by atoms with Gasteiger partial charge in [-0.15, -0.1) is 6.58 Å². The molecule has 0 amide bonds. The van der Waals surface area contributed by atoms with Gasteiger partial charge in [0.15, 0.2) is 5.79 Å². The Morgan fingerprint density at radius 1 is 1.50 bits per heavy atom. The monoisotopic (exact) mass is 198 g/mol. The fourth-order valence-corrected chi connectivity index (χ4v) is 2.28. The van der Waals surface area contributed by atoms with Gasteiger partial charge in [0.25, 0.3) is 0 Å². The molecule has 3 nitrogen and oxygen atoms in total. The number of hydrogen-bond donors (Lipinski definition) is 1. The van der Waals surface area contributed by atoms with E-state index < -0.39 is 11.4 Å². The van der Waals surface area contributed by atoms with E-state index in [-0.39, 0.29) is 12.0 Å². The SMILES string of the molecule is C=C[C@]1(O)CC[C@H]1[C@H]1COC(C)(C)O1. The molecule has 1 N–H and O–H groups in total. The molecule has 0 aromatic carbocycles. The fourth-order valence-electron chi connectivity index (χ4n) is 2.28. The predicted octanol–water partition coefficient (Wildman–Crippen LogP) is 1.46. The van der Waals surface area contributed by atoms with E-state index in [0.717, 1.165) is 12.8 Å². The molecule has 1 aliphatic carbocycles. The summed E-state index contributed by atoms with van der Waals surface area (Å²) in [7, 11) is 0. The smallest absolute Gasteiger partial charge is 0.163 e. The summed E-state index contributed by atoms with van der Waals surface area (Å²) < 4.78 is 11.2. The fraction of sp³-hybridized carbons (Fsp3) is 0.818.